The smallest absolute Gasteiger partial charge is 0.462 e. The number of likely N-dealkylation sites (N-methyl/N-ethyl adjacent to an activating group) is 1. The number of pyridine rings is 1. The molecule has 1 atom stereocenters. The van der Waals surface area contributed by atoms with Crippen LogP contribution < -0.4 is 15.0 Å². The standard InChI is InChI=1S/C24H17F5N4O7/c1-32(22(35)23(36)39-2)17-11-13(5-7-16(17)33(37)38)21(34)31-19(20-14(25)4-3-9-30-20)12-6-8-18(15(26)10-12)40-24(27,28)29/h3-11,19H,1-2H3,(H,31,34)/t19-/m0/s1. The number of nitrogens with one attached hydrogen (secondary N) is 1. The molecule has 16 heteroatoms. The normalized spacial score (nSPS) is 11.8. The number of nitro groups is 1. The number of carbonyl (C=O) groups is 3. The fourth-order valence-corrected chi connectivity index (χ4v) is 3.46. The molecule has 0 saturated heterocycles. The summed E-state index contributed by atoms with van der Waals surface area (Å²) in [4.78, 5) is 52.1. The summed E-state index contributed by atoms with van der Waals surface area (Å²) in [7, 11) is 1.93. The highest BCUT2D eigenvalue weighted by atomic mass is 19.4. The van der Waals surface area contributed by atoms with Crippen LogP contribution in [0.25, 0.3) is 0 Å². The molecule has 0 unspecified atom stereocenters. The zero-order valence-electron chi connectivity index (χ0n) is 20.4. The van der Waals surface area contributed by atoms with Crippen LogP contribution in [0.5, 0.6) is 5.75 Å². The maximum absolute atomic E-state index is 14.6. The highest BCUT2D eigenvalue weighted by Gasteiger charge is 2.33. The van der Waals surface area contributed by atoms with Gasteiger partial charge in [0.1, 0.15) is 17.2 Å². The lowest BCUT2D eigenvalue weighted by atomic mass is 10.0. The number of rotatable bonds is 7. The lowest BCUT2D eigenvalue weighted by molar-refractivity contribution is -0.384. The van der Waals surface area contributed by atoms with Crippen molar-refractivity contribution < 1.29 is 50.7 Å². The van der Waals surface area contributed by atoms with Crippen molar-refractivity contribution in [2.24, 2.45) is 0 Å². The summed E-state index contributed by atoms with van der Waals surface area (Å²) in [6.45, 7) is 0. The Labute approximate surface area is 221 Å². The maximum Gasteiger partial charge on any atom is 0.573 e. The molecule has 0 saturated carbocycles. The Morgan fingerprint density at radius 3 is 2.35 bits per heavy atom. The highest BCUT2D eigenvalue weighted by Crippen LogP contribution is 2.32. The van der Waals surface area contributed by atoms with Gasteiger partial charge in [0.2, 0.25) is 0 Å². The molecule has 0 radical (unpaired) electrons. The van der Waals surface area contributed by atoms with E-state index in [4.69, 9.17) is 0 Å². The van der Waals surface area contributed by atoms with E-state index in [1.54, 1.807) is 0 Å². The molecule has 0 aliphatic heterocycles. The summed E-state index contributed by atoms with van der Waals surface area (Å²) in [5, 5.41) is 13.8. The van der Waals surface area contributed by atoms with E-state index < -0.39 is 69.6 Å². The van der Waals surface area contributed by atoms with Crippen molar-refractivity contribution in [1.82, 2.24) is 10.3 Å². The quantitative estimate of drug-likeness (QED) is 0.149. The van der Waals surface area contributed by atoms with Crippen LogP contribution >= 0.6 is 0 Å². The summed E-state index contributed by atoms with van der Waals surface area (Å²) in [5.41, 5.74) is -2.15. The number of amides is 2. The average molecular weight is 568 g/mol. The van der Waals surface area contributed by atoms with Crippen molar-refractivity contribution in [2.45, 2.75) is 12.4 Å². The zero-order valence-corrected chi connectivity index (χ0v) is 20.4. The van der Waals surface area contributed by atoms with E-state index in [1.165, 1.54) is 6.07 Å². The molecular formula is C24H17F5N4O7. The van der Waals surface area contributed by atoms with Gasteiger partial charge in [-0.2, -0.15) is 0 Å². The van der Waals surface area contributed by atoms with Gasteiger partial charge >= 0.3 is 18.2 Å². The first kappa shape index (κ1) is 29.4. The van der Waals surface area contributed by atoms with E-state index in [2.05, 4.69) is 19.8 Å². The number of halogens is 5. The van der Waals surface area contributed by atoms with Crippen molar-refractivity contribution in [3.63, 3.8) is 0 Å². The number of nitrogens with zero attached hydrogens (tertiary/aromatic N) is 3. The van der Waals surface area contributed by atoms with Crippen LogP contribution in [0.15, 0.2) is 54.7 Å². The Morgan fingerprint density at radius 1 is 1.07 bits per heavy atom. The second-order valence-corrected chi connectivity index (χ2v) is 7.83. The molecule has 210 valence electrons. The first-order valence-corrected chi connectivity index (χ1v) is 10.8. The third kappa shape index (κ3) is 6.64. The van der Waals surface area contributed by atoms with Crippen molar-refractivity contribution in [3.05, 3.63) is 93.3 Å². The molecule has 0 spiro atoms. The number of hydrogen-bond acceptors (Lipinski definition) is 8. The van der Waals surface area contributed by atoms with Gasteiger partial charge in [0.05, 0.1) is 18.1 Å². The first-order valence-electron chi connectivity index (χ1n) is 10.8. The number of ether oxygens (including phenoxy) is 2. The summed E-state index contributed by atoms with van der Waals surface area (Å²) >= 11 is 0. The molecule has 0 fully saturated rings. The fraction of sp³-hybridized carbons (Fsp3) is 0.167. The molecule has 0 bridgehead atoms. The van der Waals surface area contributed by atoms with Crippen molar-refractivity contribution in [3.8, 4) is 5.75 Å². The Bertz CT molecular complexity index is 1480. The summed E-state index contributed by atoms with van der Waals surface area (Å²) < 4.78 is 74.6. The molecule has 3 rings (SSSR count). The van der Waals surface area contributed by atoms with E-state index in [1.807, 2.05) is 0 Å². The minimum absolute atomic E-state index is 0.238. The van der Waals surface area contributed by atoms with Crippen LogP contribution in [-0.2, 0) is 14.3 Å². The molecule has 1 aromatic heterocycles. The molecule has 0 aliphatic carbocycles. The van der Waals surface area contributed by atoms with Gasteiger partial charge < -0.3 is 14.8 Å². The Morgan fingerprint density at radius 2 is 1.77 bits per heavy atom. The average Bonchev–Trinajstić information content (AvgIpc) is 2.90. The highest BCUT2D eigenvalue weighted by molar-refractivity contribution is 6.38. The Kier molecular flexibility index (Phi) is 8.61. The minimum Gasteiger partial charge on any atom is -0.462 e. The molecule has 3 aromatic rings. The number of methoxy groups -OCH3 is 1. The van der Waals surface area contributed by atoms with E-state index in [0.29, 0.717) is 17.0 Å². The van der Waals surface area contributed by atoms with Crippen LogP contribution in [0.3, 0.4) is 0 Å². The molecule has 0 aliphatic rings. The maximum atomic E-state index is 14.6. The van der Waals surface area contributed by atoms with E-state index in [-0.39, 0.29) is 11.1 Å². The second-order valence-electron chi connectivity index (χ2n) is 7.83. The van der Waals surface area contributed by atoms with Gasteiger partial charge in [0, 0.05) is 24.9 Å². The van der Waals surface area contributed by atoms with Crippen LogP contribution in [0.1, 0.15) is 27.7 Å². The topological polar surface area (TPSA) is 141 Å². The SMILES string of the molecule is COC(=O)C(=O)N(C)c1cc(C(=O)N[C@@H](c2ccc(OC(F)(F)F)c(F)c2)c2ncccc2F)ccc1[N+](=O)[O-]. The van der Waals surface area contributed by atoms with Crippen molar-refractivity contribution in [2.75, 3.05) is 19.1 Å². The summed E-state index contributed by atoms with van der Waals surface area (Å²) in [6, 6.07) is 5.49. The lowest BCUT2D eigenvalue weighted by Gasteiger charge is -2.21. The fourth-order valence-electron chi connectivity index (χ4n) is 3.46. The van der Waals surface area contributed by atoms with Gasteiger partial charge in [-0.25, -0.2) is 13.6 Å². The number of anilines is 1. The molecule has 1 heterocycles. The Hall–Kier alpha value is -5.15. The first-order chi connectivity index (χ1) is 18.7. The number of benzene rings is 2. The van der Waals surface area contributed by atoms with Gasteiger partial charge in [-0.05, 0) is 42.0 Å². The lowest BCUT2D eigenvalue weighted by Crippen LogP contribution is -2.35. The predicted molar refractivity (Wildman–Crippen MR) is 125 cm³/mol. The van der Waals surface area contributed by atoms with Crippen LogP contribution in [0, 0.1) is 21.7 Å². The molecule has 2 amide bonds. The molecule has 11 nitrogen and oxygen atoms in total. The third-order valence-corrected chi connectivity index (χ3v) is 5.31. The van der Waals surface area contributed by atoms with E-state index in [9.17, 15) is 46.5 Å². The third-order valence-electron chi connectivity index (χ3n) is 5.31. The van der Waals surface area contributed by atoms with Crippen LogP contribution in [0.2, 0.25) is 0 Å². The number of hydrogen-bond donors (Lipinski definition) is 1. The number of esters is 1. The van der Waals surface area contributed by atoms with Gasteiger partial charge in [0.25, 0.3) is 11.6 Å². The van der Waals surface area contributed by atoms with Crippen LogP contribution in [-0.4, -0.2) is 48.2 Å². The molecule has 1 N–H and O–H groups in total. The van der Waals surface area contributed by atoms with Crippen molar-refractivity contribution >= 4 is 29.2 Å². The number of aromatic nitrogens is 1. The molecular weight excluding hydrogens is 551 g/mol. The van der Waals surface area contributed by atoms with E-state index >= 15 is 0 Å². The summed E-state index contributed by atoms with van der Waals surface area (Å²) in [5.74, 6) is -7.31. The number of nitro benzene ring substituents is 1. The molecule has 40 heavy (non-hydrogen) atoms. The van der Waals surface area contributed by atoms with E-state index in [0.717, 1.165) is 50.7 Å². The van der Waals surface area contributed by atoms with Gasteiger partial charge in [-0.1, -0.05) is 6.07 Å². The van der Waals surface area contributed by atoms with Crippen molar-refractivity contribution in [1.29, 1.82) is 0 Å². The number of alkyl halides is 3. The Balaban J connectivity index is 2.04. The van der Waals surface area contributed by atoms with Gasteiger partial charge in [-0.3, -0.25) is 29.6 Å². The minimum atomic E-state index is -5.20. The monoisotopic (exact) mass is 568 g/mol. The second kappa shape index (κ2) is 11.7. The molecule has 2 aromatic carbocycles. The van der Waals surface area contributed by atoms with Gasteiger partial charge in [0.15, 0.2) is 11.6 Å². The van der Waals surface area contributed by atoms with Crippen LogP contribution in [0.4, 0.5) is 33.3 Å². The van der Waals surface area contributed by atoms with Gasteiger partial charge in [-0.15, -0.1) is 13.2 Å². The zero-order chi connectivity index (χ0) is 29.8. The predicted octanol–water partition coefficient (Wildman–Crippen LogP) is 3.82. The largest absolute Gasteiger partial charge is 0.573 e. The summed E-state index contributed by atoms with van der Waals surface area (Å²) in [6.07, 6.45) is -4.05. The number of carbonyl (C=O) groups excluding carboxylic acids is 3.